The van der Waals surface area contributed by atoms with E-state index in [0.29, 0.717) is 5.69 Å². The first-order valence-corrected chi connectivity index (χ1v) is 3.65. The van der Waals surface area contributed by atoms with Crippen molar-refractivity contribution in [1.82, 2.24) is 0 Å². The molecule has 0 amide bonds. The number of aromatic hydroxyl groups is 1. The van der Waals surface area contributed by atoms with Crippen molar-refractivity contribution in [3.05, 3.63) is 22.2 Å². The highest BCUT2D eigenvalue weighted by Crippen LogP contribution is 2.27. The van der Waals surface area contributed by atoms with Crippen molar-refractivity contribution in [3.8, 4) is 5.75 Å². The van der Waals surface area contributed by atoms with E-state index in [2.05, 4.69) is 15.9 Å². The lowest BCUT2D eigenvalue weighted by molar-refractivity contribution is 0.475. The molecule has 0 fully saturated rings. The Bertz CT molecular complexity index is 237. The summed E-state index contributed by atoms with van der Waals surface area (Å²) >= 11 is 3.28. The molecule has 0 bridgehead atoms. The molecule has 1 aromatic carbocycles. The van der Waals surface area contributed by atoms with Crippen LogP contribution in [0, 0.1) is 6.92 Å². The summed E-state index contributed by atoms with van der Waals surface area (Å²) in [5, 5.41) is 9.02. The van der Waals surface area contributed by atoms with Gasteiger partial charge in [-0.1, -0.05) is 0 Å². The van der Waals surface area contributed by atoms with E-state index in [1.807, 2.05) is 6.92 Å². The molecule has 3 heteroatoms. The maximum atomic E-state index is 9.02. The number of nitrogen functional groups attached to an aromatic ring is 1. The first kappa shape index (κ1) is 7.41. The number of hydrogen-bond acceptors (Lipinski definition) is 2. The maximum Gasteiger partial charge on any atom is 0.117 e. The van der Waals surface area contributed by atoms with Gasteiger partial charge in [0.25, 0.3) is 0 Å². The minimum atomic E-state index is 0.207. The lowest BCUT2D eigenvalue weighted by Gasteiger charge is -2.01. The van der Waals surface area contributed by atoms with Crippen LogP contribution in [0.2, 0.25) is 0 Å². The molecular weight excluding hydrogens is 194 g/mol. The van der Waals surface area contributed by atoms with Crippen LogP contribution in [0.5, 0.6) is 5.75 Å². The van der Waals surface area contributed by atoms with Gasteiger partial charge in [-0.15, -0.1) is 0 Å². The van der Waals surface area contributed by atoms with Crippen LogP contribution in [0.15, 0.2) is 16.6 Å². The van der Waals surface area contributed by atoms with E-state index in [9.17, 15) is 0 Å². The molecule has 0 aliphatic heterocycles. The zero-order chi connectivity index (χ0) is 7.72. The number of nitrogens with two attached hydrogens (primary N) is 1. The first-order valence-electron chi connectivity index (χ1n) is 2.86. The van der Waals surface area contributed by atoms with Gasteiger partial charge in [-0.2, -0.15) is 0 Å². The van der Waals surface area contributed by atoms with E-state index < -0.39 is 0 Å². The smallest absolute Gasteiger partial charge is 0.117 e. The Morgan fingerprint density at radius 1 is 1.50 bits per heavy atom. The molecular formula is C7H8BrNO. The van der Waals surface area contributed by atoms with Crippen molar-refractivity contribution in [2.24, 2.45) is 0 Å². The molecule has 0 saturated heterocycles. The van der Waals surface area contributed by atoms with E-state index in [1.54, 1.807) is 6.07 Å². The van der Waals surface area contributed by atoms with Crippen LogP contribution < -0.4 is 5.73 Å². The van der Waals surface area contributed by atoms with Gasteiger partial charge < -0.3 is 10.8 Å². The predicted molar refractivity (Wildman–Crippen MR) is 45.0 cm³/mol. The van der Waals surface area contributed by atoms with Crippen LogP contribution in [-0.4, -0.2) is 5.11 Å². The van der Waals surface area contributed by atoms with E-state index in [1.165, 1.54) is 6.07 Å². The summed E-state index contributed by atoms with van der Waals surface area (Å²) in [6, 6.07) is 3.16. The highest BCUT2D eigenvalue weighted by Gasteiger charge is 2.00. The Hall–Kier alpha value is -0.700. The number of aryl methyl sites for hydroxylation is 1. The van der Waals surface area contributed by atoms with Gasteiger partial charge in [0, 0.05) is 16.2 Å². The van der Waals surface area contributed by atoms with Gasteiger partial charge >= 0.3 is 0 Å². The van der Waals surface area contributed by atoms with Crippen molar-refractivity contribution in [3.63, 3.8) is 0 Å². The molecule has 0 atom stereocenters. The maximum absolute atomic E-state index is 9.02. The second-order valence-electron chi connectivity index (χ2n) is 2.17. The molecule has 0 heterocycles. The monoisotopic (exact) mass is 201 g/mol. The largest absolute Gasteiger partial charge is 0.508 e. The molecule has 0 spiro atoms. The van der Waals surface area contributed by atoms with Crippen molar-refractivity contribution in [1.29, 1.82) is 0 Å². The molecule has 0 aliphatic carbocycles. The Kier molecular flexibility index (Phi) is 1.85. The molecule has 0 saturated carbocycles. The van der Waals surface area contributed by atoms with E-state index in [0.717, 1.165) is 10.0 Å². The lowest BCUT2D eigenvalue weighted by atomic mass is 10.2. The number of halogens is 1. The number of benzene rings is 1. The van der Waals surface area contributed by atoms with Crippen LogP contribution >= 0.6 is 15.9 Å². The Labute approximate surface area is 67.8 Å². The highest BCUT2D eigenvalue weighted by molar-refractivity contribution is 9.10. The molecule has 0 aliphatic rings. The molecule has 0 unspecified atom stereocenters. The van der Waals surface area contributed by atoms with Crippen LogP contribution in [0.25, 0.3) is 0 Å². The molecule has 1 aromatic rings. The standard InChI is InChI=1S/C7H8BrNO/c1-4-2-5(10)3-6(9)7(4)8/h2-3,10H,9H2,1H3. The van der Waals surface area contributed by atoms with Gasteiger partial charge in [0.15, 0.2) is 0 Å². The van der Waals surface area contributed by atoms with Crippen LogP contribution in [0.3, 0.4) is 0 Å². The van der Waals surface area contributed by atoms with Gasteiger partial charge in [-0.25, -0.2) is 0 Å². The summed E-state index contributed by atoms with van der Waals surface area (Å²) in [6.07, 6.45) is 0. The van der Waals surface area contributed by atoms with Gasteiger partial charge in [-0.3, -0.25) is 0 Å². The quantitative estimate of drug-likeness (QED) is 0.632. The fraction of sp³-hybridized carbons (Fsp3) is 0.143. The summed E-state index contributed by atoms with van der Waals surface area (Å²) in [6.45, 7) is 1.88. The van der Waals surface area contributed by atoms with Crippen molar-refractivity contribution >= 4 is 21.6 Å². The zero-order valence-electron chi connectivity index (χ0n) is 5.56. The predicted octanol–water partition coefficient (Wildman–Crippen LogP) is 2.05. The SMILES string of the molecule is Cc1cc(O)cc(N)c1Br. The molecule has 54 valence electrons. The van der Waals surface area contributed by atoms with Gasteiger partial charge in [0.1, 0.15) is 5.75 Å². The summed E-state index contributed by atoms with van der Waals surface area (Å²) in [5.74, 6) is 0.207. The number of anilines is 1. The number of phenols is 1. The summed E-state index contributed by atoms with van der Waals surface area (Å²) in [5.41, 5.74) is 7.02. The Morgan fingerprint density at radius 3 is 2.60 bits per heavy atom. The van der Waals surface area contributed by atoms with E-state index >= 15 is 0 Å². The van der Waals surface area contributed by atoms with E-state index in [4.69, 9.17) is 10.8 Å². The van der Waals surface area contributed by atoms with Gasteiger partial charge in [0.05, 0.1) is 0 Å². The average Bonchev–Trinajstić information content (AvgIpc) is 1.82. The first-order chi connectivity index (χ1) is 4.61. The van der Waals surface area contributed by atoms with Gasteiger partial charge in [-0.05, 0) is 34.5 Å². The number of hydrogen-bond donors (Lipinski definition) is 2. The minimum Gasteiger partial charge on any atom is -0.508 e. The van der Waals surface area contributed by atoms with Crippen molar-refractivity contribution in [2.75, 3.05) is 5.73 Å². The number of rotatable bonds is 0. The summed E-state index contributed by atoms with van der Waals surface area (Å²) < 4.78 is 0.852. The molecule has 10 heavy (non-hydrogen) atoms. The molecule has 3 N–H and O–H groups in total. The normalized spacial score (nSPS) is 9.80. The van der Waals surface area contributed by atoms with Crippen LogP contribution in [-0.2, 0) is 0 Å². The zero-order valence-corrected chi connectivity index (χ0v) is 7.14. The summed E-state index contributed by atoms with van der Waals surface area (Å²) in [7, 11) is 0. The number of phenolic OH excluding ortho intramolecular Hbond substituents is 1. The molecule has 0 radical (unpaired) electrons. The summed E-state index contributed by atoms with van der Waals surface area (Å²) in [4.78, 5) is 0. The third-order valence-electron chi connectivity index (χ3n) is 1.27. The second kappa shape index (κ2) is 2.50. The second-order valence-corrected chi connectivity index (χ2v) is 2.96. The Morgan fingerprint density at radius 2 is 2.10 bits per heavy atom. The average molecular weight is 202 g/mol. The van der Waals surface area contributed by atoms with Crippen LogP contribution in [0.1, 0.15) is 5.56 Å². The van der Waals surface area contributed by atoms with E-state index in [-0.39, 0.29) is 5.75 Å². The molecule has 2 nitrogen and oxygen atoms in total. The highest BCUT2D eigenvalue weighted by atomic mass is 79.9. The molecule has 1 rings (SSSR count). The Balaban J connectivity index is 3.31. The molecule has 0 aromatic heterocycles. The third-order valence-corrected chi connectivity index (χ3v) is 2.35. The van der Waals surface area contributed by atoms with Gasteiger partial charge in [0.2, 0.25) is 0 Å². The lowest BCUT2D eigenvalue weighted by Crippen LogP contribution is -1.87. The third kappa shape index (κ3) is 1.24. The topological polar surface area (TPSA) is 46.2 Å². The van der Waals surface area contributed by atoms with Crippen LogP contribution in [0.4, 0.5) is 5.69 Å². The van der Waals surface area contributed by atoms with Crippen molar-refractivity contribution in [2.45, 2.75) is 6.92 Å². The fourth-order valence-electron chi connectivity index (χ4n) is 0.777. The fourth-order valence-corrected chi connectivity index (χ4v) is 1.01. The minimum absolute atomic E-state index is 0.207. The van der Waals surface area contributed by atoms with Crippen molar-refractivity contribution < 1.29 is 5.11 Å².